The van der Waals surface area contributed by atoms with Crippen molar-refractivity contribution in [3.63, 3.8) is 0 Å². The molecule has 4 heteroatoms. The lowest BCUT2D eigenvalue weighted by molar-refractivity contribution is 0.161. The van der Waals surface area contributed by atoms with Gasteiger partial charge in [-0.2, -0.15) is 0 Å². The summed E-state index contributed by atoms with van der Waals surface area (Å²) in [5.41, 5.74) is 0.372. The summed E-state index contributed by atoms with van der Waals surface area (Å²) in [6.07, 6.45) is 0. The minimum absolute atomic E-state index is 0.00648. The maximum absolute atomic E-state index is 9.42. The van der Waals surface area contributed by atoms with Crippen molar-refractivity contribution >= 4 is 11.6 Å². The van der Waals surface area contributed by atoms with Crippen LogP contribution in [0.4, 0.5) is 0 Å². The number of benzene rings is 1. The number of rotatable bonds is 2. The molecule has 1 N–H and O–H groups in total. The molecule has 16 heavy (non-hydrogen) atoms. The molecule has 2 rings (SSSR count). The van der Waals surface area contributed by atoms with Gasteiger partial charge < -0.3 is 14.6 Å². The Kier molecular flexibility index (Phi) is 3.00. The Morgan fingerprint density at radius 2 is 2.00 bits per heavy atom. The summed E-state index contributed by atoms with van der Waals surface area (Å²) in [6.45, 7) is 4.92. The van der Waals surface area contributed by atoms with Gasteiger partial charge in [-0.1, -0.05) is 25.4 Å². The lowest BCUT2D eigenvalue weighted by Crippen LogP contribution is -2.26. The average Bonchev–Trinajstić information content (AvgIpc) is 2.28. The fraction of sp³-hybridized carbons (Fsp3) is 0.500. The van der Waals surface area contributed by atoms with E-state index in [1.165, 1.54) is 0 Å². The van der Waals surface area contributed by atoms with Crippen molar-refractivity contribution in [2.45, 2.75) is 19.3 Å². The van der Waals surface area contributed by atoms with Crippen LogP contribution >= 0.6 is 11.6 Å². The zero-order valence-corrected chi connectivity index (χ0v) is 10.2. The third-order valence-corrected chi connectivity index (χ3v) is 3.05. The molecule has 0 aliphatic carbocycles. The zero-order chi connectivity index (χ0) is 11.8. The van der Waals surface area contributed by atoms with E-state index in [1.807, 2.05) is 13.8 Å². The van der Waals surface area contributed by atoms with E-state index < -0.39 is 5.41 Å². The van der Waals surface area contributed by atoms with Gasteiger partial charge >= 0.3 is 0 Å². The Bertz CT molecular complexity index is 401. The van der Waals surface area contributed by atoms with Crippen LogP contribution in [0.1, 0.15) is 19.4 Å². The Balaban J connectivity index is 2.58. The number of hydrogen-bond donors (Lipinski definition) is 1. The molecular weight excluding hydrogens is 228 g/mol. The second kappa shape index (κ2) is 4.15. The number of ether oxygens (including phenoxy) is 2. The van der Waals surface area contributed by atoms with Crippen molar-refractivity contribution in [1.82, 2.24) is 0 Å². The Morgan fingerprint density at radius 1 is 1.31 bits per heavy atom. The van der Waals surface area contributed by atoms with Crippen LogP contribution in [0.2, 0.25) is 5.02 Å². The van der Waals surface area contributed by atoms with E-state index in [2.05, 4.69) is 0 Å². The van der Waals surface area contributed by atoms with E-state index in [4.69, 9.17) is 21.1 Å². The van der Waals surface area contributed by atoms with Crippen molar-refractivity contribution in [2.75, 3.05) is 19.8 Å². The smallest absolute Gasteiger partial charge is 0.166 e. The van der Waals surface area contributed by atoms with Crippen molar-refractivity contribution in [2.24, 2.45) is 0 Å². The van der Waals surface area contributed by atoms with Crippen molar-refractivity contribution < 1.29 is 14.6 Å². The van der Waals surface area contributed by atoms with Crippen LogP contribution in [0.5, 0.6) is 11.5 Å². The second-order valence-electron chi connectivity index (χ2n) is 4.49. The van der Waals surface area contributed by atoms with Gasteiger partial charge in [0, 0.05) is 16.0 Å². The number of hydrogen-bond acceptors (Lipinski definition) is 3. The third kappa shape index (κ3) is 1.85. The maximum atomic E-state index is 9.42. The van der Waals surface area contributed by atoms with Gasteiger partial charge in [0.05, 0.1) is 6.61 Å². The molecule has 3 nitrogen and oxygen atoms in total. The van der Waals surface area contributed by atoms with Crippen LogP contribution in [-0.4, -0.2) is 24.9 Å². The number of aliphatic hydroxyl groups excluding tert-OH is 1. The Morgan fingerprint density at radius 3 is 2.69 bits per heavy atom. The number of halogens is 1. The van der Waals surface area contributed by atoms with Gasteiger partial charge in [-0.05, 0) is 12.1 Å². The first-order valence-corrected chi connectivity index (χ1v) is 5.63. The molecular formula is C12H15ClO3. The number of aliphatic hydroxyl groups is 1. The zero-order valence-electron chi connectivity index (χ0n) is 9.42. The van der Waals surface area contributed by atoms with Gasteiger partial charge in [-0.3, -0.25) is 0 Å². The van der Waals surface area contributed by atoms with Crippen LogP contribution in [-0.2, 0) is 5.41 Å². The van der Waals surface area contributed by atoms with E-state index in [-0.39, 0.29) is 6.61 Å². The van der Waals surface area contributed by atoms with Gasteiger partial charge in [-0.25, -0.2) is 0 Å². The van der Waals surface area contributed by atoms with Gasteiger partial charge in [0.1, 0.15) is 13.2 Å². The van der Waals surface area contributed by atoms with E-state index in [0.29, 0.717) is 29.7 Å². The molecule has 1 aromatic rings. The summed E-state index contributed by atoms with van der Waals surface area (Å²) in [7, 11) is 0. The van der Waals surface area contributed by atoms with E-state index in [0.717, 1.165) is 5.56 Å². The molecule has 0 spiro atoms. The van der Waals surface area contributed by atoms with Crippen LogP contribution in [0.15, 0.2) is 12.1 Å². The second-order valence-corrected chi connectivity index (χ2v) is 4.90. The van der Waals surface area contributed by atoms with Crippen LogP contribution in [0.3, 0.4) is 0 Å². The Labute approximate surface area is 99.9 Å². The Hall–Kier alpha value is -0.930. The molecule has 0 saturated heterocycles. The molecule has 1 heterocycles. The molecule has 0 unspecified atom stereocenters. The van der Waals surface area contributed by atoms with E-state index >= 15 is 0 Å². The predicted molar refractivity (Wildman–Crippen MR) is 62.6 cm³/mol. The minimum Gasteiger partial charge on any atom is -0.486 e. The molecule has 1 aromatic carbocycles. The summed E-state index contributed by atoms with van der Waals surface area (Å²) in [5.74, 6) is 1.37. The highest BCUT2D eigenvalue weighted by Crippen LogP contribution is 2.44. The largest absolute Gasteiger partial charge is 0.486 e. The summed E-state index contributed by atoms with van der Waals surface area (Å²) >= 11 is 6.18. The molecule has 1 aliphatic rings. The van der Waals surface area contributed by atoms with Gasteiger partial charge in [0.25, 0.3) is 0 Å². The predicted octanol–water partition coefficient (Wildman–Crippen LogP) is 2.38. The molecule has 0 radical (unpaired) electrons. The highest BCUT2D eigenvalue weighted by Gasteiger charge is 2.30. The van der Waals surface area contributed by atoms with E-state index in [1.54, 1.807) is 12.1 Å². The normalized spacial score (nSPS) is 15.0. The van der Waals surface area contributed by atoms with Gasteiger partial charge in [0.2, 0.25) is 0 Å². The molecule has 0 saturated carbocycles. The molecule has 88 valence electrons. The SMILES string of the molecule is CC(C)(CO)c1c(Cl)ccc2c1OCCO2. The molecule has 0 bridgehead atoms. The van der Waals surface area contributed by atoms with Crippen LogP contribution < -0.4 is 9.47 Å². The molecule has 0 amide bonds. The summed E-state index contributed by atoms with van der Waals surface area (Å²) in [5, 5.41) is 10.0. The van der Waals surface area contributed by atoms with Crippen LogP contribution in [0, 0.1) is 0 Å². The lowest BCUT2D eigenvalue weighted by Gasteiger charge is -2.29. The monoisotopic (exact) mass is 242 g/mol. The van der Waals surface area contributed by atoms with Gasteiger partial charge in [0.15, 0.2) is 11.5 Å². The highest BCUT2D eigenvalue weighted by atomic mass is 35.5. The number of fused-ring (bicyclic) bond motifs is 1. The first kappa shape index (κ1) is 11.6. The first-order valence-electron chi connectivity index (χ1n) is 5.26. The maximum Gasteiger partial charge on any atom is 0.166 e. The van der Waals surface area contributed by atoms with Crippen molar-refractivity contribution in [1.29, 1.82) is 0 Å². The van der Waals surface area contributed by atoms with E-state index in [9.17, 15) is 5.11 Å². The molecule has 1 aliphatic heterocycles. The molecule has 0 aromatic heterocycles. The summed E-state index contributed by atoms with van der Waals surface area (Å²) in [6, 6.07) is 3.58. The fourth-order valence-corrected chi connectivity index (χ4v) is 2.21. The molecule has 0 atom stereocenters. The summed E-state index contributed by atoms with van der Waals surface area (Å²) in [4.78, 5) is 0. The van der Waals surface area contributed by atoms with Crippen molar-refractivity contribution in [3.8, 4) is 11.5 Å². The quantitative estimate of drug-likeness (QED) is 0.866. The van der Waals surface area contributed by atoms with Crippen LogP contribution in [0.25, 0.3) is 0 Å². The van der Waals surface area contributed by atoms with Gasteiger partial charge in [-0.15, -0.1) is 0 Å². The average molecular weight is 243 g/mol. The topological polar surface area (TPSA) is 38.7 Å². The summed E-state index contributed by atoms with van der Waals surface area (Å²) < 4.78 is 11.1. The fourth-order valence-electron chi connectivity index (χ4n) is 1.80. The minimum atomic E-state index is -0.441. The first-order chi connectivity index (χ1) is 7.56. The third-order valence-electron chi connectivity index (χ3n) is 2.73. The standard InChI is InChI=1S/C12H15ClO3/c1-12(2,7-14)10-8(13)3-4-9-11(10)16-6-5-15-9/h3-4,14H,5-7H2,1-2H3. The molecule has 0 fully saturated rings. The highest BCUT2D eigenvalue weighted by molar-refractivity contribution is 6.31. The van der Waals surface area contributed by atoms with Crippen molar-refractivity contribution in [3.05, 3.63) is 22.7 Å². The lowest BCUT2D eigenvalue weighted by atomic mass is 9.84.